The first-order valence-electron chi connectivity index (χ1n) is 13.7. The molecule has 0 bridgehead atoms. The second-order valence-electron chi connectivity index (χ2n) is 3.26. The Morgan fingerprint density at radius 2 is 2.00 bits per heavy atom. The van der Waals surface area contributed by atoms with E-state index in [4.69, 9.17) is 28.0 Å². The minimum atomic E-state index is -3.91. The van der Waals surface area contributed by atoms with Gasteiger partial charge < -0.3 is 10.1 Å². The van der Waals surface area contributed by atoms with Crippen LogP contribution in [-0.2, 0) is 0 Å². The molecule has 1 atom stereocenters. The molecule has 1 N–H and O–H groups in total. The van der Waals surface area contributed by atoms with Crippen molar-refractivity contribution in [2.45, 2.75) is 19.4 Å². The zero-order chi connectivity index (χ0) is 28.3. The van der Waals surface area contributed by atoms with E-state index in [1.54, 1.807) is 0 Å². The lowest BCUT2D eigenvalue weighted by molar-refractivity contribution is 0.195. The Hall–Kier alpha value is -1.80. The molecule has 100 valence electrons. The van der Waals surface area contributed by atoms with Gasteiger partial charge in [0.2, 0.25) is 0 Å². The SMILES string of the molecule is [2H]c1c([2H])c([2H])c([C@@]([2H])(Oc2c([2H])c([2H])c(C)c([2H])c2[2H])C([2H])([2H])C([2H])([2H])NC([2H])([2H])[2H])c([2H])c1[2H]. The Kier molecular flexibility index (Phi) is 1.33. The van der Waals surface area contributed by atoms with Crippen molar-refractivity contribution in [1.29, 1.82) is 0 Å². The van der Waals surface area contributed by atoms with Crippen LogP contribution in [0.25, 0.3) is 0 Å². The average molecular weight is 272 g/mol. The fourth-order valence-corrected chi connectivity index (χ4v) is 1.11. The summed E-state index contributed by atoms with van der Waals surface area (Å²) in [5.74, 6) is -1.08. The molecule has 19 heavy (non-hydrogen) atoms. The van der Waals surface area contributed by atoms with Crippen molar-refractivity contribution in [1.82, 2.24) is 5.32 Å². The van der Waals surface area contributed by atoms with Crippen molar-refractivity contribution in [2.24, 2.45) is 0 Å². The van der Waals surface area contributed by atoms with Crippen molar-refractivity contribution in [3.05, 3.63) is 65.5 Å². The Morgan fingerprint density at radius 3 is 2.68 bits per heavy atom. The Labute approximate surface area is 139 Å². The van der Waals surface area contributed by atoms with E-state index in [-0.39, 0.29) is 5.56 Å². The minimum Gasteiger partial charge on any atom is -0.486 e. The van der Waals surface area contributed by atoms with Gasteiger partial charge in [0.1, 0.15) is 11.8 Å². The lowest BCUT2D eigenvalue weighted by atomic mass is 10.1. The van der Waals surface area contributed by atoms with Crippen LogP contribution in [0.2, 0.25) is 0 Å². The van der Waals surface area contributed by atoms with Crippen LogP contribution in [0.1, 0.15) is 46.9 Å². The molecule has 0 amide bonds. The molecule has 0 fully saturated rings. The highest BCUT2D eigenvalue weighted by molar-refractivity contribution is 5.28. The first-order chi connectivity index (χ1) is 16.0. The summed E-state index contributed by atoms with van der Waals surface area (Å²) in [6, 6.07) is -8.55. The lowest BCUT2D eigenvalue weighted by Crippen LogP contribution is -2.16. The maximum Gasteiger partial charge on any atom is 0.125 e. The quantitative estimate of drug-likeness (QED) is 0.865. The molecule has 0 saturated carbocycles. The lowest BCUT2D eigenvalue weighted by Gasteiger charge is -2.19. The molecule has 0 radical (unpaired) electrons. The van der Waals surface area contributed by atoms with Crippen LogP contribution >= 0.6 is 0 Å². The van der Waals surface area contributed by atoms with Crippen LogP contribution in [0.4, 0.5) is 0 Å². The molecule has 0 heterocycles. The molecule has 0 spiro atoms. The summed E-state index contributed by atoms with van der Waals surface area (Å²) in [5, 5.41) is 1.37. The van der Waals surface area contributed by atoms with Gasteiger partial charge in [-0.2, -0.15) is 0 Å². The van der Waals surface area contributed by atoms with Crippen LogP contribution < -0.4 is 10.1 Å². The summed E-state index contributed by atoms with van der Waals surface area (Å²) in [4.78, 5) is 0. The maximum atomic E-state index is 8.88. The Bertz CT molecular complexity index is 1150. The molecule has 0 aliphatic rings. The molecule has 2 rings (SSSR count). The fourth-order valence-electron chi connectivity index (χ4n) is 1.11. The third-order valence-electron chi connectivity index (χ3n) is 1.90. The van der Waals surface area contributed by atoms with Gasteiger partial charge in [-0.05, 0) is 38.0 Å². The van der Waals surface area contributed by atoms with Gasteiger partial charge in [0, 0.05) is 16.0 Å². The van der Waals surface area contributed by atoms with E-state index in [0.717, 1.165) is 0 Å². The number of rotatable bonds is 6. The first kappa shape index (κ1) is 3.64. The highest BCUT2D eigenvalue weighted by Crippen LogP contribution is 2.24. The van der Waals surface area contributed by atoms with Crippen molar-refractivity contribution in [3.63, 3.8) is 0 Å². The van der Waals surface area contributed by atoms with Gasteiger partial charge in [-0.3, -0.25) is 0 Å². The van der Waals surface area contributed by atoms with E-state index in [1.807, 2.05) is 0 Å². The largest absolute Gasteiger partial charge is 0.486 e. The smallest absolute Gasteiger partial charge is 0.125 e. The molecule has 0 aliphatic heterocycles. The predicted octanol–water partition coefficient (Wildman–Crippen LogP) is 3.72. The monoisotopic (exact) mass is 272 g/mol. The van der Waals surface area contributed by atoms with Crippen LogP contribution in [-0.4, -0.2) is 13.5 Å². The number of nitrogens with one attached hydrogen (secondary N) is 1. The standard InChI is InChI=1S/C17H21NO/c1-14-8-10-16(11-9-14)19-17(12-13-18-2)15-6-4-3-5-7-15/h3-11,17-18H,12-13H2,1-2H3/t17-/m0/s1/i2D3,3D,4D,5D,6D,7D,8D,9D,10D,11D,12D2,13D2,17D. The highest BCUT2D eigenvalue weighted by Gasteiger charge is 2.12. The average Bonchev–Trinajstić information content (AvgIpc) is 2.74. The molecule has 2 heteroatoms. The number of hydrogen-bond donors (Lipinski definition) is 1. The fraction of sp³-hybridized carbons (Fsp3) is 0.294. The zero-order valence-electron chi connectivity index (χ0n) is 26.9. The van der Waals surface area contributed by atoms with Crippen LogP contribution in [0.3, 0.4) is 0 Å². The van der Waals surface area contributed by atoms with Crippen molar-refractivity contribution >= 4 is 0 Å². The van der Waals surface area contributed by atoms with Crippen molar-refractivity contribution in [3.8, 4) is 5.75 Å². The summed E-state index contributed by atoms with van der Waals surface area (Å²) >= 11 is 0. The third kappa shape index (κ3) is 4.11. The minimum absolute atomic E-state index is 0.141. The second-order valence-corrected chi connectivity index (χ2v) is 3.26. The van der Waals surface area contributed by atoms with Crippen molar-refractivity contribution in [2.75, 3.05) is 13.5 Å². The van der Waals surface area contributed by atoms with Gasteiger partial charge in [-0.1, -0.05) is 47.9 Å². The molecule has 0 unspecified atom stereocenters. The molecule has 0 saturated heterocycles. The Balaban J connectivity index is 3.05. The topological polar surface area (TPSA) is 21.3 Å². The van der Waals surface area contributed by atoms with E-state index in [0.29, 0.717) is 0 Å². The molecule has 0 aromatic heterocycles. The van der Waals surface area contributed by atoms with Gasteiger partial charge in [-0.25, -0.2) is 0 Å². The van der Waals surface area contributed by atoms with Crippen molar-refractivity contribution < 1.29 is 28.0 Å². The van der Waals surface area contributed by atoms with E-state index in [9.17, 15) is 0 Å². The summed E-state index contributed by atoms with van der Waals surface area (Å²) < 4.78 is 141. The predicted molar refractivity (Wildman–Crippen MR) is 79.5 cm³/mol. The summed E-state index contributed by atoms with van der Waals surface area (Å²) in [7, 11) is 0. The molecule has 2 nitrogen and oxygen atoms in total. The zero-order valence-corrected chi connectivity index (χ0v) is 9.91. The second kappa shape index (κ2) is 6.95. The summed E-state index contributed by atoms with van der Waals surface area (Å²) in [6.07, 6.45) is -7.65. The van der Waals surface area contributed by atoms with Gasteiger partial charge >= 0.3 is 0 Å². The molecule has 2 aromatic carbocycles. The van der Waals surface area contributed by atoms with Crippen LogP contribution in [0.15, 0.2) is 54.4 Å². The summed E-state index contributed by atoms with van der Waals surface area (Å²) in [5.41, 5.74) is -1.40. The van der Waals surface area contributed by atoms with Crippen LogP contribution in [0, 0.1) is 6.92 Å². The van der Waals surface area contributed by atoms with E-state index >= 15 is 0 Å². The summed E-state index contributed by atoms with van der Waals surface area (Å²) in [6.45, 7) is -5.77. The number of benzene rings is 2. The van der Waals surface area contributed by atoms with Gasteiger partial charge in [0.25, 0.3) is 0 Å². The van der Waals surface area contributed by atoms with E-state index in [2.05, 4.69) is 0 Å². The van der Waals surface area contributed by atoms with E-state index in [1.165, 1.54) is 12.2 Å². The highest BCUT2D eigenvalue weighted by atomic mass is 16.5. The first-order valence-corrected chi connectivity index (χ1v) is 5.16. The van der Waals surface area contributed by atoms with Gasteiger partial charge in [0.05, 0.1) is 13.7 Å². The maximum absolute atomic E-state index is 8.88. The molecule has 2 aromatic rings. The van der Waals surface area contributed by atoms with Crippen LogP contribution in [0.5, 0.6) is 5.75 Å². The Morgan fingerprint density at radius 1 is 1.26 bits per heavy atom. The van der Waals surface area contributed by atoms with E-state index < -0.39 is 91.6 Å². The van der Waals surface area contributed by atoms with Gasteiger partial charge in [0.15, 0.2) is 0 Å². The molecule has 0 aliphatic carbocycles. The number of hydrogen-bond acceptors (Lipinski definition) is 2. The molecular weight excluding hydrogens is 234 g/mol. The number of ether oxygens (including phenoxy) is 1. The molecular formula is C17H21NO. The van der Waals surface area contributed by atoms with Gasteiger partial charge in [-0.15, -0.1) is 0 Å². The third-order valence-corrected chi connectivity index (χ3v) is 1.90. The normalized spacial score (nSPS) is 28.8.